The minimum Gasteiger partial charge on any atom is -0.379 e. The Labute approximate surface area is 97.7 Å². The van der Waals surface area contributed by atoms with Crippen molar-refractivity contribution in [3.63, 3.8) is 0 Å². The predicted molar refractivity (Wildman–Crippen MR) is 63.3 cm³/mol. The van der Waals surface area contributed by atoms with Crippen LogP contribution in [0.3, 0.4) is 0 Å². The van der Waals surface area contributed by atoms with E-state index in [0.29, 0.717) is 39.0 Å². The number of unbranched alkanes of at least 4 members (excludes halogenated alkanes) is 1. The Bertz CT molecular complexity index is 204. The van der Waals surface area contributed by atoms with Gasteiger partial charge < -0.3 is 10.1 Å². The lowest BCUT2D eigenvalue weighted by Gasteiger charge is -2.05. The van der Waals surface area contributed by atoms with E-state index in [1.54, 1.807) is 0 Å². The van der Waals surface area contributed by atoms with E-state index >= 15 is 0 Å². The molecule has 0 aliphatic heterocycles. The van der Waals surface area contributed by atoms with Crippen LogP contribution in [0, 0.1) is 0 Å². The van der Waals surface area contributed by atoms with E-state index in [2.05, 4.69) is 12.2 Å². The van der Waals surface area contributed by atoms with Crippen LogP contribution in [0.5, 0.6) is 0 Å². The Hall–Kier alpha value is -0.900. The Morgan fingerprint density at radius 1 is 1.12 bits per heavy atom. The lowest BCUT2D eigenvalue weighted by molar-refractivity contribution is -0.122. The molecule has 1 amide bonds. The smallest absolute Gasteiger partial charge is 0.219 e. The first-order valence-electron chi connectivity index (χ1n) is 6.06. The fourth-order valence-electron chi connectivity index (χ4n) is 1.17. The van der Waals surface area contributed by atoms with Gasteiger partial charge in [0, 0.05) is 25.8 Å². The molecule has 94 valence electrons. The van der Waals surface area contributed by atoms with Crippen molar-refractivity contribution in [3.05, 3.63) is 0 Å². The van der Waals surface area contributed by atoms with Crippen LogP contribution in [0.15, 0.2) is 0 Å². The number of hydrogen-bond acceptors (Lipinski definition) is 3. The van der Waals surface area contributed by atoms with E-state index in [0.717, 1.165) is 12.8 Å². The van der Waals surface area contributed by atoms with E-state index in [4.69, 9.17) is 4.74 Å². The van der Waals surface area contributed by atoms with Crippen LogP contribution >= 0.6 is 0 Å². The zero-order valence-corrected chi connectivity index (χ0v) is 10.4. The van der Waals surface area contributed by atoms with Gasteiger partial charge in [0.05, 0.1) is 13.2 Å². The summed E-state index contributed by atoms with van der Waals surface area (Å²) < 4.78 is 5.24. The largest absolute Gasteiger partial charge is 0.379 e. The minimum atomic E-state index is 0.0302. The molecule has 0 spiro atoms. The van der Waals surface area contributed by atoms with Gasteiger partial charge in [0.1, 0.15) is 5.78 Å². The molecular formula is C12H23NO3. The topological polar surface area (TPSA) is 55.4 Å². The third kappa shape index (κ3) is 9.65. The summed E-state index contributed by atoms with van der Waals surface area (Å²) in [6.07, 6.45) is 3.66. The number of rotatable bonds is 10. The fraction of sp³-hybridized carbons (Fsp3) is 0.833. The molecule has 4 nitrogen and oxygen atoms in total. The number of ketones is 1. The van der Waals surface area contributed by atoms with Crippen molar-refractivity contribution in [3.8, 4) is 0 Å². The number of Topliss-reactive ketones (excluding diaryl/α,β-unsaturated/α-hetero) is 1. The number of amides is 1. The Kier molecular flexibility index (Phi) is 10.0. The second-order valence-electron chi connectivity index (χ2n) is 3.71. The molecule has 0 radical (unpaired) electrons. The number of nitrogens with one attached hydrogen (secondary N) is 1. The van der Waals surface area contributed by atoms with Crippen LogP contribution in [0.25, 0.3) is 0 Å². The highest BCUT2D eigenvalue weighted by Crippen LogP contribution is 1.98. The molecule has 0 aromatic rings. The van der Waals surface area contributed by atoms with Gasteiger partial charge in [0.15, 0.2) is 0 Å². The molecule has 16 heavy (non-hydrogen) atoms. The van der Waals surface area contributed by atoms with E-state index in [1.165, 1.54) is 0 Å². The maximum absolute atomic E-state index is 11.2. The first kappa shape index (κ1) is 15.1. The number of hydrogen-bond donors (Lipinski definition) is 1. The SMILES string of the molecule is CCCCC(=O)CCOCCNC(=O)CC. The van der Waals surface area contributed by atoms with E-state index in [1.807, 2.05) is 6.92 Å². The monoisotopic (exact) mass is 229 g/mol. The number of carbonyl (C=O) groups is 2. The van der Waals surface area contributed by atoms with Crippen LogP contribution < -0.4 is 5.32 Å². The van der Waals surface area contributed by atoms with Crippen LogP contribution in [0.2, 0.25) is 0 Å². The summed E-state index contributed by atoms with van der Waals surface area (Å²) >= 11 is 0. The summed E-state index contributed by atoms with van der Waals surface area (Å²) in [5.41, 5.74) is 0. The molecule has 0 aliphatic carbocycles. The van der Waals surface area contributed by atoms with Gasteiger partial charge in [-0.1, -0.05) is 20.3 Å². The molecule has 0 aromatic carbocycles. The third-order valence-corrected chi connectivity index (χ3v) is 2.22. The maximum atomic E-state index is 11.2. The molecule has 1 N–H and O–H groups in total. The molecule has 0 atom stereocenters. The molecule has 0 heterocycles. The summed E-state index contributed by atoms with van der Waals surface area (Å²) in [5, 5.41) is 2.71. The van der Waals surface area contributed by atoms with Crippen molar-refractivity contribution >= 4 is 11.7 Å². The maximum Gasteiger partial charge on any atom is 0.219 e. The Morgan fingerprint density at radius 2 is 1.88 bits per heavy atom. The van der Waals surface area contributed by atoms with Crippen LogP contribution in [-0.4, -0.2) is 31.4 Å². The van der Waals surface area contributed by atoms with Crippen LogP contribution in [-0.2, 0) is 14.3 Å². The van der Waals surface area contributed by atoms with Crippen LogP contribution in [0.4, 0.5) is 0 Å². The molecule has 0 saturated carbocycles. The van der Waals surface area contributed by atoms with Crippen LogP contribution in [0.1, 0.15) is 46.0 Å². The standard InChI is InChI=1S/C12H23NO3/c1-3-5-6-11(14)7-9-16-10-8-13-12(15)4-2/h3-10H2,1-2H3,(H,13,15). The molecule has 0 rings (SSSR count). The van der Waals surface area contributed by atoms with E-state index < -0.39 is 0 Å². The zero-order chi connectivity index (χ0) is 12.2. The lowest BCUT2D eigenvalue weighted by Crippen LogP contribution is -2.26. The van der Waals surface area contributed by atoms with Gasteiger partial charge in [-0.15, -0.1) is 0 Å². The molecule has 4 heteroatoms. The summed E-state index contributed by atoms with van der Waals surface area (Å²) in [6.45, 7) is 5.34. The first-order valence-corrected chi connectivity index (χ1v) is 6.06. The van der Waals surface area contributed by atoms with Crippen molar-refractivity contribution in [2.75, 3.05) is 19.8 Å². The highest BCUT2D eigenvalue weighted by Gasteiger charge is 2.01. The second-order valence-corrected chi connectivity index (χ2v) is 3.71. The molecule has 0 unspecified atom stereocenters. The van der Waals surface area contributed by atoms with Gasteiger partial charge >= 0.3 is 0 Å². The van der Waals surface area contributed by atoms with Crippen molar-refractivity contribution < 1.29 is 14.3 Å². The van der Waals surface area contributed by atoms with Gasteiger partial charge in [0.25, 0.3) is 0 Å². The summed E-state index contributed by atoms with van der Waals surface area (Å²) in [6, 6.07) is 0. The van der Waals surface area contributed by atoms with Gasteiger partial charge in [0.2, 0.25) is 5.91 Å². The van der Waals surface area contributed by atoms with Crippen molar-refractivity contribution in [1.29, 1.82) is 0 Å². The summed E-state index contributed by atoms with van der Waals surface area (Å²) in [7, 11) is 0. The summed E-state index contributed by atoms with van der Waals surface area (Å²) in [5.74, 6) is 0.294. The highest BCUT2D eigenvalue weighted by molar-refractivity contribution is 5.78. The zero-order valence-electron chi connectivity index (χ0n) is 10.4. The third-order valence-electron chi connectivity index (χ3n) is 2.22. The van der Waals surface area contributed by atoms with Crippen molar-refractivity contribution in [2.45, 2.75) is 46.0 Å². The molecule has 0 aliphatic rings. The molecule has 0 saturated heterocycles. The van der Waals surface area contributed by atoms with Gasteiger partial charge in [-0.25, -0.2) is 0 Å². The van der Waals surface area contributed by atoms with E-state index in [9.17, 15) is 9.59 Å². The molecule has 0 bridgehead atoms. The van der Waals surface area contributed by atoms with Crippen molar-refractivity contribution in [2.24, 2.45) is 0 Å². The first-order chi connectivity index (χ1) is 7.70. The predicted octanol–water partition coefficient (Wildman–Crippen LogP) is 1.68. The average Bonchev–Trinajstić information content (AvgIpc) is 2.30. The quantitative estimate of drug-likeness (QED) is 0.580. The lowest BCUT2D eigenvalue weighted by atomic mass is 10.1. The van der Waals surface area contributed by atoms with Gasteiger partial charge in [-0.05, 0) is 6.42 Å². The van der Waals surface area contributed by atoms with Crippen molar-refractivity contribution in [1.82, 2.24) is 5.32 Å². The molecule has 0 aromatic heterocycles. The normalized spacial score (nSPS) is 10.1. The minimum absolute atomic E-state index is 0.0302. The van der Waals surface area contributed by atoms with E-state index in [-0.39, 0.29) is 11.7 Å². The molecular weight excluding hydrogens is 206 g/mol. The number of ether oxygens (including phenoxy) is 1. The second kappa shape index (κ2) is 10.6. The van der Waals surface area contributed by atoms with Gasteiger partial charge in [-0.2, -0.15) is 0 Å². The summed E-state index contributed by atoms with van der Waals surface area (Å²) in [4.78, 5) is 22.1. The molecule has 0 fully saturated rings. The highest BCUT2D eigenvalue weighted by atomic mass is 16.5. The van der Waals surface area contributed by atoms with Gasteiger partial charge in [-0.3, -0.25) is 9.59 Å². The Balaban J connectivity index is 3.20. The fourth-order valence-corrected chi connectivity index (χ4v) is 1.17. The average molecular weight is 229 g/mol. The Morgan fingerprint density at radius 3 is 2.50 bits per heavy atom. The number of carbonyl (C=O) groups excluding carboxylic acids is 2.